The largest absolute Gasteiger partial charge is 0.462 e. The van der Waals surface area contributed by atoms with Crippen molar-refractivity contribution in [3.63, 3.8) is 0 Å². The van der Waals surface area contributed by atoms with Crippen LogP contribution >= 0.6 is 0 Å². The zero-order valence-electron chi connectivity index (χ0n) is 18.0. The Morgan fingerprint density at radius 2 is 2.23 bits per heavy atom. The summed E-state index contributed by atoms with van der Waals surface area (Å²) in [4.78, 5) is 12.7. The van der Waals surface area contributed by atoms with E-state index >= 15 is 0 Å². The number of aromatic nitrogens is 5. The summed E-state index contributed by atoms with van der Waals surface area (Å²) in [5.41, 5.74) is 4.71. The quantitative estimate of drug-likeness (QED) is 0.617. The minimum Gasteiger partial charge on any atom is -0.462 e. The minimum atomic E-state index is -0.318. The Balaban J connectivity index is 1.51. The van der Waals surface area contributed by atoms with Gasteiger partial charge in [0.25, 0.3) is 0 Å². The van der Waals surface area contributed by atoms with Gasteiger partial charge in [0.2, 0.25) is 0 Å². The van der Waals surface area contributed by atoms with Gasteiger partial charge in [0.1, 0.15) is 5.56 Å². The number of hydrogen-bond donors (Lipinski definition) is 1. The molecule has 2 aromatic heterocycles. The van der Waals surface area contributed by atoms with Crippen molar-refractivity contribution in [3.05, 3.63) is 59.2 Å². The van der Waals surface area contributed by atoms with Gasteiger partial charge >= 0.3 is 5.97 Å². The molecule has 0 spiro atoms. The topological polar surface area (TPSA) is 86.9 Å². The van der Waals surface area contributed by atoms with Crippen molar-refractivity contribution in [1.82, 2.24) is 30.1 Å². The van der Waals surface area contributed by atoms with Crippen molar-refractivity contribution in [2.75, 3.05) is 19.7 Å². The van der Waals surface area contributed by atoms with Crippen LogP contribution in [0.3, 0.4) is 0 Å². The van der Waals surface area contributed by atoms with E-state index in [1.165, 1.54) is 18.4 Å². The molecule has 5 rings (SSSR count). The van der Waals surface area contributed by atoms with Gasteiger partial charge in [-0.25, -0.2) is 9.48 Å². The van der Waals surface area contributed by atoms with E-state index in [-0.39, 0.29) is 17.8 Å². The standard InChI is InChI=1S/C23H28N6O2/c1-3-31-23(30)20-13-25-29(22(20)19-11-18(19)21-14-28(2)27-26-21)17-8-4-6-15(10-17)16-7-5-9-24-12-16/h4,6,8,10,13-14,16,18-19,24H,3,5,7,9,11-12H2,1-2H3/t16?,18-,19-/m1/s1. The number of carbonyl (C=O) groups is 1. The highest BCUT2D eigenvalue weighted by Crippen LogP contribution is 2.55. The van der Waals surface area contributed by atoms with Crippen molar-refractivity contribution in [1.29, 1.82) is 0 Å². The molecule has 0 radical (unpaired) electrons. The lowest BCUT2D eigenvalue weighted by atomic mass is 9.91. The van der Waals surface area contributed by atoms with E-state index in [9.17, 15) is 4.79 Å². The SMILES string of the molecule is CCOC(=O)c1cnn(-c2cccc(C3CCCNC3)c2)c1[C@@H]1C[C@H]1c1cn(C)nn1. The van der Waals surface area contributed by atoms with Crippen molar-refractivity contribution in [3.8, 4) is 5.69 Å². The zero-order chi connectivity index (χ0) is 21.4. The van der Waals surface area contributed by atoms with Crippen LogP contribution in [-0.4, -0.2) is 50.4 Å². The molecule has 8 nitrogen and oxygen atoms in total. The summed E-state index contributed by atoms with van der Waals surface area (Å²) >= 11 is 0. The van der Waals surface area contributed by atoms with E-state index in [1.807, 2.05) is 24.9 Å². The predicted molar refractivity (Wildman–Crippen MR) is 115 cm³/mol. The molecule has 2 fully saturated rings. The first-order valence-corrected chi connectivity index (χ1v) is 11.1. The van der Waals surface area contributed by atoms with Gasteiger partial charge in [-0.15, -0.1) is 5.10 Å². The van der Waals surface area contributed by atoms with Gasteiger partial charge in [0.05, 0.1) is 29.9 Å². The second-order valence-corrected chi connectivity index (χ2v) is 8.48. The van der Waals surface area contributed by atoms with Crippen LogP contribution in [0.15, 0.2) is 36.7 Å². The first-order chi connectivity index (χ1) is 15.2. The van der Waals surface area contributed by atoms with Gasteiger partial charge in [-0.3, -0.25) is 4.68 Å². The third-order valence-electron chi connectivity index (χ3n) is 6.33. The van der Waals surface area contributed by atoms with Crippen molar-refractivity contribution in [2.24, 2.45) is 7.05 Å². The Hall–Kier alpha value is -3.00. The number of nitrogens with zero attached hydrogens (tertiary/aromatic N) is 5. The maximum atomic E-state index is 12.7. The number of benzene rings is 1. The molecule has 1 aliphatic heterocycles. The first-order valence-electron chi connectivity index (χ1n) is 11.1. The molecular formula is C23H28N6O2. The molecule has 31 heavy (non-hydrogen) atoms. The molecule has 1 saturated heterocycles. The van der Waals surface area contributed by atoms with Gasteiger partial charge in [-0.05, 0) is 56.3 Å². The molecule has 2 aliphatic rings. The highest BCUT2D eigenvalue weighted by molar-refractivity contribution is 5.91. The molecule has 3 atom stereocenters. The van der Waals surface area contributed by atoms with Crippen molar-refractivity contribution < 1.29 is 9.53 Å². The Labute approximate surface area is 181 Å². The normalized spacial score (nSPS) is 23.0. The van der Waals surface area contributed by atoms with Crippen LogP contribution in [0.4, 0.5) is 0 Å². The number of nitrogens with one attached hydrogen (secondary N) is 1. The second kappa shape index (κ2) is 8.26. The molecule has 3 aromatic rings. The molecule has 0 amide bonds. The first kappa shape index (κ1) is 19.9. The van der Waals surface area contributed by atoms with E-state index in [4.69, 9.17) is 4.74 Å². The summed E-state index contributed by atoms with van der Waals surface area (Å²) in [6.45, 7) is 4.25. The van der Waals surface area contributed by atoms with Crippen LogP contribution in [0.2, 0.25) is 0 Å². The van der Waals surface area contributed by atoms with Crippen LogP contribution in [0, 0.1) is 0 Å². The summed E-state index contributed by atoms with van der Waals surface area (Å²) < 4.78 is 8.97. The molecular weight excluding hydrogens is 392 g/mol. The fourth-order valence-corrected chi connectivity index (χ4v) is 4.69. The highest BCUT2D eigenvalue weighted by atomic mass is 16.5. The Bertz CT molecular complexity index is 1080. The molecule has 8 heteroatoms. The van der Waals surface area contributed by atoms with Gasteiger partial charge < -0.3 is 10.1 Å². The number of carbonyl (C=O) groups excluding carboxylic acids is 1. The number of rotatable bonds is 6. The van der Waals surface area contributed by atoms with E-state index in [0.717, 1.165) is 36.6 Å². The highest BCUT2D eigenvalue weighted by Gasteiger charge is 2.46. The Morgan fingerprint density at radius 1 is 1.32 bits per heavy atom. The maximum absolute atomic E-state index is 12.7. The lowest BCUT2D eigenvalue weighted by Crippen LogP contribution is -2.28. The molecule has 1 aliphatic carbocycles. The third-order valence-corrected chi connectivity index (χ3v) is 6.33. The molecule has 1 saturated carbocycles. The number of ether oxygens (including phenoxy) is 1. The van der Waals surface area contributed by atoms with Crippen LogP contribution in [0.1, 0.15) is 71.2 Å². The smallest absolute Gasteiger partial charge is 0.341 e. The monoisotopic (exact) mass is 420 g/mol. The van der Waals surface area contributed by atoms with E-state index in [1.54, 1.807) is 10.9 Å². The summed E-state index contributed by atoms with van der Waals surface area (Å²) in [5, 5.41) is 16.5. The summed E-state index contributed by atoms with van der Waals surface area (Å²) in [7, 11) is 1.87. The lowest BCUT2D eigenvalue weighted by Gasteiger charge is -2.23. The van der Waals surface area contributed by atoms with Crippen LogP contribution in [0.25, 0.3) is 5.69 Å². The fraction of sp³-hybridized carbons (Fsp3) is 0.478. The zero-order valence-corrected chi connectivity index (χ0v) is 18.0. The number of aryl methyl sites for hydroxylation is 1. The summed E-state index contributed by atoms with van der Waals surface area (Å²) in [6.07, 6.45) is 6.90. The molecule has 162 valence electrons. The van der Waals surface area contributed by atoms with Gasteiger partial charge in [-0.1, -0.05) is 17.3 Å². The molecule has 1 N–H and O–H groups in total. The fourth-order valence-electron chi connectivity index (χ4n) is 4.69. The van der Waals surface area contributed by atoms with E-state index < -0.39 is 0 Å². The van der Waals surface area contributed by atoms with E-state index in [0.29, 0.717) is 18.1 Å². The predicted octanol–water partition coefficient (Wildman–Crippen LogP) is 2.92. The Morgan fingerprint density at radius 3 is 2.97 bits per heavy atom. The summed E-state index contributed by atoms with van der Waals surface area (Å²) in [5.74, 6) is 0.591. The van der Waals surface area contributed by atoms with Gasteiger partial charge in [0, 0.05) is 31.6 Å². The average molecular weight is 421 g/mol. The van der Waals surface area contributed by atoms with Crippen molar-refractivity contribution >= 4 is 5.97 Å². The third kappa shape index (κ3) is 3.87. The van der Waals surface area contributed by atoms with Crippen LogP contribution < -0.4 is 5.32 Å². The summed E-state index contributed by atoms with van der Waals surface area (Å²) in [6, 6.07) is 8.55. The van der Waals surface area contributed by atoms with Crippen molar-refractivity contribution in [2.45, 2.75) is 43.9 Å². The number of piperidine rings is 1. The number of esters is 1. The molecule has 1 unspecified atom stereocenters. The maximum Gasteiger partial charge on any atom is 0.341 e. The van der Waals surface area contributed by atoms with Gasteiger partial charge in [-0.2, -0.15) is 5.10 Å². The second-order valence-electron chi connectivity index (χ2n) is 8.48. The van der Waals surface area contributed by atoms with Gasteiger partial charge in [0.15, 0.2) is 0 Å². The minimum absolute atomic E-state index is 0.165. The van der Waals surface area contributed by atoms with Crippen LogP contribution in [0.5, 0.6) is 0 Å². The van der Waals surface area contributed by atoms with E-state index in [2.05, 4.69) is 45.0 Å². The van der Waals surface area contributed by atoms with Crippen LogP contribution in [-0.2, 0) is 11.8 Å². The average Bonchev–Trinajstić information content (AvgIpc) is 3.25. The molecule has 1 aromatic carbocycles. The molecule has 0 bridgehead atoms. The lowest BCUT2D eigenvalue weighted by molar-refractivity contribution is 0.0525. The molecule has 3 heterocycles. The Kier molecular flexibility index (Phi) is 5.31. The number of hydrogen-bond acceptors (Lipinski definition) is 6.